The number of hydrogen-bond donors (Lipinski definition) is 1. The van der Waals surface area contributed by atoms with Gasteiger partial charge >= 0.3 is 0 Å². The summed E-state index contributed by atoms with van der Waals surface area (Å²) in [5.41, 5.74) is 3.68. The largest absolute Gasteiger partial charge is 0.468 e. The van der Waals surface area contributed by atoms with Crippen LogP contribution in [0.5, 0.6) is 0 Å². The fourth-order valence-corrected chi connectivity index (χ4v) is 3.93. The first-order valence-electron chi connectivity index (χ1n) is 10.7. The van der Waals surface area contributed by atoms with E-state index < -0.39 is 0 Å². The molecule has 1 aromatic carbocycles. The molecule has 4 heterocycles. The molecule has 5 aromatic rings. The highest BCUT2D eigenvalue weighted by atomic mass is 16.3. The average Bonchev–Trinajstić information content (AvgIpc) is 3.57. The Morgan fingerprint density at radius 1 is 1.00 bits per heavy atom. The molecule has 0 amide bonds. The van der Waals surface area contributed by atoms with Crippen molar-refractivity contribution in [1.82, 2.24) is 30.1 Å². The third-order valence-corrected chi connectivity index (χ3v) is 5.84. The Morgan fingerprint density at radius 3 is 2.55 bits per heavy atom. The molecule has 0 aliphatic heterocycles. The third-order valence-electron chi connectivity index (χ3n) is 5.84. The Kier molecular flexibility index (Phi) is 5.62. The number of aromatic amines is 1. The van der Waals surface area contributed by atoms with Crippen LogP contribution in [0.15, 0.2) is 68.6 Å². The van der Waals surface area contributed by atoms with E-state index in [9.17, 15) is 4.79 Å². The normalized spacial score (nSPS) is 11.6. The van der Waals surface area contributed by atoms with E-state index in [1.165, 1.54) is 0 Å². The second-order valence-electron chi connectivity index (χ2n) is 8.15. The summed E-state index contributed by atoms with van der Waals surface area (Å²) in [6, 6.07) is 13.5. The Labute approximate surface area is 189 Å². The first-order chi connectivity index (χ1) is 16.1. The van der Waals surface area contributed by atoms with Crippen molar-refractivity contribution >= 4 is 10.9 Å². The summed E-state index contributed by atoms with van der Waals surface area (Å²) >= 11 is 0. The van der Waals surface area contributed by atoms with E-state index in [0.717, 1.165) is 33.6 Å². The van der Waals surface area contributed by atoms with E-state index in [4.69, 9.17) is 8.83 Å². The minimum atomic E-state index is -0.101. The van der Waals surface area contributed by atoms with Crippen molar-refractivity contribution in [2.45, 2.75) is 40.0 Å². The predicted molar refractivity (Wildman–Crippen MR) is 121 cm³/mol. The van der Waals surface area contributed by atoms with Crippen LogP contribution in [0.25, 0.3) is 10.9 Å². The van der Waals surface area contributed by atoms with Crippen LogP contribution in [0.3, 0.4) is 0 Å². The molecule has 0 aliphatic carbocycles. The zero-order chi connectivity index (χ0) is 22.8. The molecule has 0 bridgehead atoms. The smallest absolute Gasteiger partial charge is 0.252 e. The molecular weight excluding hydrogens is 420 g/mol. The lowest BCUT2D eigenvalue weighted by Gasteiger charge is -2.20. The average molecular weight is 444 g/mol. The van der Waals surface area contributed by atoms with Gasteiger partial charge in [0.15, 0.2) is 5.82 Å². The number of nitrogens with one attached hydrogen (secondary N) is 1. The van der Waals surface area contributed by atoms with E-state index in [1.807, 2.05) is 50.2 Å². The number of benzene rings is 1. The van der Waals surface area contributed by atoms with Crippen LogP contribution in [0.2, 0.25) is 0 Å². The van der Waals surface area contributed by atoms with Gasteiger partial charge in [-0.25, -0.2) is 4.68 Å². The molecule has 9 nitrogen and oxygen atoms in total. The zero-order valence-electron chi connectivity index (χ0n) is 18.5. The fourth-order valence-electron chi connectivity index (χ4n) is 3.93. The van der Waals surface area contributed by atoms with Crippen molar-refractivity contribution in [3.05, 3.63) is 99.4 Å². The number of hydrogen-bond acceptors (Lipinski definition) is 7. The number of aromatic nitrogens is 5. The van der Waals surface area contributed by atoms with Gasteiger partial charge in [-0.05, 0) is 71.1 Å². The number of H-pyrrole nitrogens is 1. The number of rotatable bonds is 8. The monoisotopic (exact) mass is 444 g/mol. The molecule has 9 heteroatoms. The SMILES string of the molecule is Cc1ccc2cc(CN(Cc3ccco3)Cc3nnnn3Cc3ccco3)c(=O)[nH]c2c1C. The van der Waals surface area contributed by atoms with E-state index in [1.54, 1.807) is 17.2 Å². The van der Waals surface area contributed by atoms with Gasteiger partial charge in [0.25, 0.3) is 5.56 Å². The van der Waals surface area contributed by atoms with E-state index >= 15 is 0 Å². The Balaban J connectivity index is 1.44. The first-order valence-corrected chi connectivity index (χ1v) is 10.7. The van der Waals surface area contributed by atoms with Gasteiger partial charge in [-0.1, -0.05) is 12.1 Å². The highest BCUT2D eigenvalue weighted by Crippen LogP contribution is 2.20. The highest BCUT2D eigenvalue weighted by Gasteiger charge is 2.17. The van der Waals surface area contributed by atoms with Gasteiger partial charge in [0.1, 0.15) is 18.1 Å². The molecule has 0 unspecified atom stereocenters. The molecule has 4 aromatic heterocycles. The minimum absolute atomic E-state index is 0.101. The van der Waals surface area contributed by atoms with E-state index in [2.05, 4.69) is 31.5 Å². The van der Waals surface area contributed by atoms with Crippen LogP contribution in [0, 0.1) is 13.8 Å². The summed E-state index contributed by atoms with van der Waals surface area (Å²) in [6.45, 7) is 5.84. The maximum atomic E-state index is 13.0. The molecule has 33 heavy (non-hydrogen) atoms. The van der Waals surface area contributed by atoms with Crippen LogP contribution < -0.4 is 5.56 Å². The van der Waals surface area contributed by atoms with Gasteiger partial charge in [-0.2, -0.15) is 0 Å². The molecule has 0 radical (unpaired) electrons. The summed E-state index contributed by atoms with van der Waals surface area (Å²) in [7, 11) is 0. The number of aryl methyl sites for hydroxylation is 2. The molecule has 168 valence electrons. The number of pyridine rings is 1. The van der Waals surface area contributed by atoms with Gasteiger partial charge in [-0.3, -0.25) is 9.69 Å². The summed E-state index contributed by atoms with van der Waals surface area (Å²) in [6.07, 6.45) is 3.26. The van der Waals surface area contributed by atoms with Gasteiger partial charge in [0.05, 0.1) is 31.1 Å². The number of tetrazole rings is 1. The standard InChI is InChI=1S/C24H24N6O3/c1-16-7-8-18-11-19(24(31)25-23(18)17(16)2)12-29(13-20-5-3-9-32-20)15-22-26-27-28-30(22)14-21-6-4-10-33-21/h3-11H,12-15H2,1-2H3,(H,25,31). The van der Waals surface area contributed by atoms with Crippen molar-refractivity contribution in [3.8, 4) is 0 Å². The topological polar surface area (TPSA) is 106 Å². The summed E-state index contributed by atoms with van der Waals surface area (Å²) in [4.78, 5) is 18.1. The maximum Gasteiger partial charge on any atom is 0.252 e. The van der Waals surface area contributed by atoms with Crippen LogP contribution in [0.1, 0.15) is 34.0 Å². The molecule has 1 N–H and O–H groups in total. The molecule has 0 aliphatic rings. The van der Waals surface area contributed by atoms with Crippen LogP contribution in [-0.2, 0) is 26.2 Å². The van der Waals surface area contributed by atoms with Gasteiger partial charge < -0.3 is 13.8 Å². The van der Waals surface area contributed by atoms with Crippen LogP contribution >= 0.6 is 0 Å². The van der Waals surface area contributed by atoms with Crippen molar-refractivity contribution in [3.63, 3.8) is 0 Å². The fraction of sp³-hybridized carbons (Fsp3) is 0.250. The zero-order valence-corrected chi connectivity index (χ0v) is 18.5. The summed E-state index contributed by atoms with van der Waals surface area (Å²) in [5.74, 6) is 2.23. The molecule has 0 fully saturated rings. The molecule has 5 rings (SSSR count). The maximum absolute atomic E-state index is 13.0. The second-order valence-corrected chi connectivity index (χ2v) is 8.15. The molecular formula is C24H24N6O3. The minimum Gasteiger partial charge on any atom is -0.468 e. The molecule has 0 saturated carbocycles. The summed E-state index contributed by atoms with van der Waals surface area (Å²) in [5, 5.41) is 13.2. The van der Waals surface area contributed by atoms with Crippen molar-refractivity contribution < 1.29 is 8.83 Å². The van der Waals surface area contributed by atoms with Gasteiger partial charge in [-0.15, -0.1) is 5.10 Å². The molecule has 0 spiro atoms. The lowest BCUT2D eigenvalue weighted by molar-refractivity contribution is 0.216. The molecule has 0 saturated heterocycles. The van der Waals surface area contributed by atoms with Crippen LogP contribution in [-0.4, -0.2) is 30.1 Å². The quantitative estimate of drug-likeness (QED) is 0.390. The highest BCUT2D eigenvalue weighted by molar-refractivity contribution is 5.83. The van der Waals surface area contributed by atoms with Crippen molar-refractivity contribution in [2.24, 2.45) is 0 Å². The van der Waals surface area contributed by atoms with Crippen molar-refractivity contribution in [1.29, 1.82) is 0 Å². The van der Waals surface area contributed by atoms with Crippen molar-refractivity contribution in [2.75, 3.05) is 0 Å². The van der Waals surface area contributed by atoms with Crippen LogP contribution in [0.4, 0.5) is 0 Å². The molecule has 0 atom stereocenters. The second kappa shape index (κ2) is 8.87. The Hall–Kier alpha value is -3.98. The third kappa shape index (κ3) is 4.49. The number of nitrogens with zero attached hydrogens (tertiary/aromatic N) is 5. The number of furan rings is 2. The lowest BCUT2D eigenvalue weighted by Crippen LogP contribution is -2.28. The lowest BCUT2D eigenvalue weighted by atomic mass is 10.0. The Bertz CT molecular complexity index is 1420. The Morgan fingerprint density at radius 2 is 1.79 bits per heavy atom. The first kappa shape index (κ1) is 20.9. The van der Waals surface area contributed by atoms with E-state index in [0.29, 0.717) is 37.6 Å². The van der Waals surface area contributed by atoms with Gasteiger partial charge in [0.2, 0.25) is 0 Å². The predicted octanol–water partition coefficient (Wildman–Crippen LogP) is 3.57. The van der Waals surface area contributed by atoms with Gasteiger partial charge in [0, 0.05) is 12.1 Å². The van der Waals surface area contributed by atoms with E-state index in [-0.39, 0.29) is 5.56 Å². The number of fused-ring (bicyclic) bond motifs is 1. The summed E-state index contributed by atoms with van der Waals surface area (Å²) < 4.78 is 12.7.